The Hall–Kier alpha value is -0.370. The molecular formula is C5H9ClN2. The molecule has 0 aromatic carbocycles. The first kappa shape index (κ1) is 7.63. The minimum Gasteiger partial charge on any atom is -0.179 e. The van der Waals surface area contributed by atoms with Gasteiger partial charge in [0, 0.05) is 6.20 Å². The van der Waals surface area contributed by atoms with Crippen LogP contribution in [0.2, 0.25) is 0 Å². The first-order chi connectivity index (χ1) is 3.21. The highest BCUT2D eigenvalue weighted by Crippen LogP contribution is 2.15. The molecule has 46 valence electrons. The topological polar surface area (TPSA) is 24.7 Å². The summed E-state index contributed by atoms with van der Waals surface area (Å²) in [5.74, 6) is 0. The molecule has 0 spiro atoms. The van der Waals surface area contributed by atoms with E-state index in [9.17, 15) is 0 Å². The average molecular weight is 133 g/mol. The maximum absolute atomic E-state index is 3.88. The van der Waals surface area contributed by atoms with Gasteiger partial charge in [-0.1, -0.05) is 0 Å². The molecular weight excluding hydrogens is 124 g/mol. The number of azo groups is 1. The van der Waals surface area contributed by atoms with Crippen molar-refractivity contribution in [3.8, 4) is 0 Å². The van der Waals surface area contributed by atoms with Crippen LogP contribution in [0.25, 0.3) is 0 Å². The molecule has 0 amide bonds. The molecule has 0 aromatic rings. The molecule has 0 aliphatic carbocycles. The molecule has 0 saturated heterocycles. The van der Waals surface area contributed by atoms with Gasteiger partial charge in [-0.2, -0.15) is 10.2 Å². The van der Waals surface area contributed by atoms with Gasteiger partial charge in [0.2, 0.25) is 0 Å². The fraction of sp³-hybridized carbons (Fsp3) is 0.600. The first-order valence-electron chi connectivity index (χ1n) is 2.30. The van der Waals surface area contributed by atoms with Crippen LogP contribution in [0.15, 0.2) is 22.5 Å². The highest BCUT2D eigenvalue weighted by molar-refractivity contribution is 5.85. The summed E-state index contributed by atoms with van der Waals surface area (Å²) in [7, 11) is 0. The molecule has 0 unspecified atom stereocenters. The Kier molecular flexibility index (Phi) is 2.16. The van der Waals surface area contributed by atoms with Crippen LogP contribution in [0.5, 0.6) is 0 Å². The highest BCUT2D eigenvalue weighted by atomic mass is 35.5. The summed E-state index contributed by atoms with van der Waals surface area (Å²) in [6.07, 6.45) is 3.69. The summed E-state index contributed by atoms with van der Waals surface area (Å²) >= 11 is 0. The van der Waals surface area contributed by atoms with Crippen LogP contribution in [-0.4, -0.2) is 5.54 Å². The van der Waals surface area contributed by atoms with Crippen molar-refractivity contribution in [2.75, 3.05) is 0 Å². The lowest BCUT2D eigenvalue weighted by atomic mass is 10.1. The van der Waals surface area contributed by atoms with Crippen molar-refractivity contribution in [3.05, 3.63) is 12.3 Å². The van der Waals surface area contributed by atoms with Crippen molar-refractivity contribution in [2.24, 2.45) is 10.2 Å². The summed E-state index contributed by atoms with van der Waals surface area (Å²) in [6.45, 7) is 4.03. The van der Waals surface area contributed by atoms with E-state index < -0.39 is 0 Å². The van der Waals surface area contributed by atoms with E-state index in [1.54, 1.807) is 6.20 Å². The van der Waals surface area contributed by atoms with Crippen molar-refractivity contribution in [3.63, 3.8) is 0 Å². The lowest BCUT2D eigenvalue weighted by Gasteiger charge is -2.04. The molecule has 0 fully saturated rings. The first-order valence-corrected chi connectivity index (χ1v) is 2.30. The van der Waals surface area contributed by atoms with E-state index in [2.05, 4.69) is 10.2 Å². The van der Waals surface area contributed by atoms with Crippen LogP contribution in [0.4, 0.5) is 0 Å². The van der Waals surface area contributed by atoms with E-state index in [1.807, 2.05) is 19.9 Å². The molecule has 1 rings (SSSR count). The minimum absolute atomic E-state index is 0. The predicted molar refractivity (Wildman–Crippen MR) is 35.3 cm³/mol. The summed E-state index contributed by atoms with van der Waals surface area (Å²) < 4.78 is 0. The van der Waals surface area contributed by atoms with Gasteiger partial charge in [0.25, 0.3) is 0 Å². The standard InChI is InChI=1S/C5H8N2.ClH/c1-5(2)3-4-6-7-5;/h3-4H,1-2H3;1H. The van der Waals surface area contributed by atoms with E-state index in [4.69, 9.17) is 0 Å². The van der Waals surface area contributed by atoms with Gasteiger partial charge in [-0.3, -0.25) is 0 Å². The monoisotopic (exact) mass is 132 g/mol. The maximum atomic E-state index is 3.88. The van der Waals surface area contributed by atoms with Crippen LogP contribution in [0.1, 0.15) is 13.8 Å². The van der Waals surface area contributed by atoms with E-state index in [0.29, 0.717) is 0 Å². The Bertz CT molecular complexity index is 112. The maximum Gasteiger partial charge on any atom is 0.0962 e. The van der Waals surface area contributed by atoms with E-state index in [0.717, 1.165) is 0 Å². The third-order valence-electron chi connectivity index (χ3n) is 0.865. The molecule has 0 radical (unpaired) electrons. The number of hydrogen-bond acceptors (Lipinski definition) is 2. The Morgan fingerprint density at radius 2 is 2.00 bits per heavy atom. The molecule has 2 nitrogen and oxygen atoms in total. The number of rotatable bonds is 0. The average Bonchev–Trinajstić information content (AvgIpc) is 1.84. The van der Waals surface area contributed by atoms with Crippen molar-refractivity contribution in [1.29, 1.82) is 0 Å². The Labute approximate surface area is 55.1 Å². The van der Waals surface area contributed by atoms with Gasteiger partial charge in [-0.25, -0.2) is 0 Å². The van der Waals surface area contributed by atoms with Gasteiger partial charge in [0.1, 0.15) is 0 Å². The van der Waals surface area contributed by atoms with Gasteiger partial charge in [0.15, 0.2) is 0 Å². The Morgan fingerprint density at radius 3 is 2.12 bits per heavy atom. The fourth-order valence-corrected chi connectivity index (χ4v) is 0.431. The molecule has 0 aromatic heterocycles. The van der Waals surface area contributed by atoms with E-state index in [-0.39, 0.29) is 17.9 Å². The largest absolute Gasteiger partial charge is 0.179 e. The molecule has 3 heteroatoms. The lowest BCUT2D eigenvalue weighted by molar-refractivity contribution is 0.644. The smallest absolute Gasteiger partial charge is 0.0962 e. The zero-order valence-electron chi connectivity index (χ0n) is 4.96. The predicted octanol–water partition coefficient (Wildman–Crippen LogP) is 2.17. The van der Waals surface area contributed by atoms with Crippen LogP contribution in [0.3, 0.4) is 0 Å². The van der Waals surface area contributed by atoms with Crippen LogP contribution >= 0.6 is 12.4 Å². The van der Waals surface area contributed by atoms with Crippen molar-refractivity contribution >= 4 is 12.4 Å². The molecule has 1 aliphatic heterocycles. The lowest BCUT2D eigenvalue weighted by Crippen LogP contribution is -2.07. The third-order valence-corrected chi connectivity index (χ3v) is 0.865. The minimum atomic E-state index is -0.0278. The quantitative estimate of drug-likeness (QED) is 0.483. The Balaban J connectivity index is 0.000000490. The van der Waals surface area contributed by atoms with E-state index in [1.165, 1.54) is 0 Å². The molecule has 8 heavy (non-hydrogen) atoms. The second-order valence-electron chi connectivity index (χ2n) is 2.18. The molecule has 0 saturated carbocycles. The van der Waals surface area contributed by atoms with Gasteiger partial charge >= 0.3 is 0 Å². The number of hydrogen-bond donors (Lipinski definition) is 0. The molecule has 1 aliphatic rings. The summed E-state index contributed by atoms with van der Waals surface area (Å²) in [5.41, 5.74) is -0.0278. The molecule has 0 atom stereocenters. The van der Waals surface area contributed by atoms with Gasteiger partial charge < -0.3 is 0 Å². The van der Waals surface area contributed by atoms with Crippen LogP contribution < -0.4 is 0 Å². The fourth-order valence-electron chi connectivity index (χ4n) is 0.431. The summed E-state index contributed by atoms with van der Waals surface area (Å²) in [4.78, 5) is 0. The zero-order chi connectivity index (χ0) is 5.33. The third kappa shape index (κ3) is 1.62. The highest BCUT2D eigenvalue weighted by Gasteiger charge is 2.13. The van der Waals surface area contributed by atoms with Crippen LogP contribution in [0, 0.1) is 0 Å². The number of halogens is 1. The van der Waals surface area contributed by atoms with Gasteiger partial charge in [-0.15, -0.1) is 12.4 Å². The summed E-state index contributed by atoms with van der Waals surface area (Å²) in [6, 6.07) is 0. The molecule has 0 N–H and O–H groups in total. The Morgan fingerprint density at radius 1 is 1.38 bits per heavy atom. The normalized spacial score (nSPS) is 20.8. The summed E-state index contributed by atoms with van der Waals surface area (Å²) in [5, 5.41) is 7.56. The van der Waals surface area contributed by atoms with Crippen molar-refractivity contribution in [1.82, 2.24) is 0 Å². The molecule has 0 bridgehead atoms. The van der Waals surface area contributed by atoms with Crippen LogP contribution in [-0.2, 0) is 0 Å². The van der Waals surface area contributed by atoms with Gasteiger partial charge in [-0.05, 0) is 19.9 Å². The van der Waals surface area contributed by atoms with Gasteiger partial charge in [0.05, 0.1) is 5.54 Å². The SMILES string of the molecule is CC1(C)C=CN=N1.Cl. The van der Waals surface area contributed by atoms with E-state index >= 15 is 0 Å². The van der Waals surface area contributed by atoms with Crippen molar-refractivity contribution in [2.45, 2.75) is 19.4 Å². The zero-order valence-corrected chi connectivity index (χ0v) is 5.77. The van der Waals surface area contributed by atoms with Crippen molar-refractivity contribution < 1.29 is 0 Å². The second kappa shape index (κ2) is 2.27. The molecule has 1 heterocycles. The second-order valence-corrected chi connectivity index (χ2v) is 2.18. The number of nitrogens with zero attached hydrogens (tertiary/aromatic N) is 2.